The topological polar surface area (TPSA) is 49.8 Å². The van der Waals surface area contributed by atoms with Crippen molar-refractivity contribution in [1.29, 1.82) is 0 Å². The summed E-state index contributed by atoms with van der Waals surface area (Å²) in [7, 11) is 1.64. The highest BCUT2D eigenvalue weighted by molar-refractivity contribution is 6.30. The maximum absolute atomic E-state index is 12.0. The molecule has 0 spiro atoms. The second-order valence-corrected chi connectivity index (χ2v) is 5.17. The van der Waals surface area contributed by atoms with E-state index in [-0.39, 0.29) is 12.5 Å². The predicted molar refractivity (Wildman–Crippen MR) is 75.6 cm³/mol. The highest BCUT2D eigenvalue weighted by Gasteiger charge is 2.20. The zero-order valence-electron chi connectivity index (χ0n) is 11.7. The van der Waals surface area contributed by atoms with E-state index in [2.05, 4.69) is 0 Å². The van der Waals surface area contributed by atoms with Crippen LogP contribution in [0.1, 0.15) is 19.4 Å². The number of benzene rings is 1. The summed E-state index contributed by atoms with van der Waals surface area (Å²) < 4.78 is 5.63. The first-order chi connectivity index (χ1) is 8.81. The van der Waals surface area contributed by atoms with Gasteiger partial charge >= 0.3 is 0 Å². The fourth-order valence-corrected chi connectivity index (χ4v) is 2.01. The molecular weight excluding hydrogens is 266 g/mol. The summed E-state index contributed by atoms with van der Waals surface area (Å²) in [6, 6.07) is 5.25. The van der Waals surface area contributed by atoms with E-state index in [0.717, 1.165) is 5.56 Å². The van der Waals surface area contributed by atoms with E-state index in [1.54, 1.807) is 39.1 Å². The van der Waals surface area contributed by atoms with Crippen LogP contribution in [-0.4, -0.2) is 41.7 Å². The summed E-state index contributed by atoms with van der Waals surface area (Å²) in [4.78, 5) is 13.5. The third-order valence-electron chi connectivity index (χ3n) is 2.70. The van der Waals surface area contributed by atoms with Gasteiger partial charge in [0, 0.05) is 18.6 Å². The smallest absolute Gasteiger partial charge is 0.263 e. The third-order valence-corrected chi connectivity index (χ3v) is 2.94. The van der Waals surface area contributed by atoms with Gasteiger partial charge in [0.25, 0.3) is 5.91 Å². The number of likely N-dealkylation sites (N-methyl/N-ethyl adjacent to an activating group) is 1. The number of nitrogens with zero attached hydrogens (tertiary/aromatic N) is 1. The van der Waals surface area contributed by atoms with Crippen molar-refractivity contribution in [2.45, 2.75) is 33.0 Å². The number of hydrogen-bond acceptors (Lipinski definition) is 3. The van der Waals surface area contributed by atoms with Crippen molar-refractivity contribution in [3.05, 3.63) is 28.8 Å². The number of halogens is 1. The molecule has 1 N–H and O–H groups in total. The Bertz CT molecular complexity index is 448. The van der Waals surface area contributed by atoms with Crippen molar-refractivity contribution >= 4 is 17.5 Å². The fourth-order valence-electron chi connectivity index (χ4n) is 1.78. The molecule has 0 aliphatic rings. The summed E-state index contributed by atoms with van der Waals surface area (Å²) in [5.74, 6) is 0.464. The quantitative estimate of drug-likeness (QED) is 0.903. The molecule has 19 heavy (non-hydrogen) atoms. The van der Waals surface area contributed by atoms with Crippen LogP contribution < -0.4 is 4.74 Å². The van der Waals surface area contributed by atoms with Crippen molar-refractivity contribution in [1.82, 2.24) is 4.90 Å². The van der Waals surface area contributed by atoms with Crippen LogP contribution in [0, 0.1) is 6.92 Å². The summed E-state index contributed by atoms with van der Waals surface area (Å²) in [5, 5.41) is 9.90. The van der Waals surface area contributed by atoms with Crippen LogP contribution in [0.5, 0.6) is 5.75 Å². The minimum atomic E-state index is -0.608. The molecule has 2 atom stereocenters. The lowest BCUT2D eigenvalue weighted by atomic mass is 10.2. The van der Waals surface area contributed by atoms with Gasteiger partial charge in [-0.25, -0.2) is 0 Å². The van der Waals surface area contributed by atoms with E-state index in [4.69, 9.17) is 16.3 Å². The van der Waals surface area contributed by atoms with Gasteiger partial charge in [-0.05, 0) is 44.5 Å². The predicted octanol–water partition coefficient (Wildman–Crippen LogP) is 2.25. The molecule has 0 aromatic heterocycles. The molecule has 5 heteroatoms. The molecule has 0 fully saturated rings. The summed E-state index contributed by atoms with van der Waals surface area (Å²) in [5.41, 5.74) is 0.880. The first-order valence-corrected chi connectivity index (χ1v) is 6.55. The van der Waals surface area contributed by atoms with Gasteiger partial charge in [-0.1, -0.05) is 11.6 Å². The van der Waals surface area contributed by atoms with Crippen LogP contribution in [-0.2, 0) is 4.79 Å². The van der Waals surface area contributed by atoms with Gasteiger partial charge in [0.2, 0.25) is 0 Å². The van der Waals surface area contributed by atoms with Gasteiger partial charge in [0.05, 0.1) is 6.10 Å². The Morgan fingerprint density at radius 3 is 2.63 bits per heavy atom. The van der Waals surface area contributed by atoms with Crippen molar-refractivity contribution in [2.24, 2.45) is 0 Å². The Morgan fingerprint density at radius 2 is 2.11 bits per heavy atom. The average molecular weight is 286 g/mol. The first-order valence-electron chi connectivity index (χ1n) is 6.17. The number of carbonyl (C=O) groups is 1. The summed E-state index contributed by atoms with van der Waals surface area (Å²) >= 11 is 5.87. The van der Waals surface area contributed by atoms with E-state index in [9.17, 15) is 9.90 Å². The number of amides is 1. The summed E-state index contributed by atoms with van der Waals surface area (Å²) in [6.07, 6.45) is -1.16. The number of hydrogen-bond donors (Lipinski definition) is 1. The highest BCUT2D eigenvalue weighted by Crippen LogP contribution is 2.23. The zero-order chi connectivity index (χ0) is 14.6. The number of carbonyl (C=O) groups excluding carboxylic acids is 1. The molecular formula is C14H20ClNO3. The Labute approximate surface area is 118 Å². The first kappa shape index (κ1) is 15.8. The van der Waals surface area contributed by atoms with Gasteiger partial charge < -0.3 is 14.7 Å². The van der Waals surface area contributed by atoms with Crippen LogP contribution in [0.2, 0.25) is 5.02 Å². The standard InChI is InChI=1S/C14H20ClNO3/c1-9-7-12(15)5-6-13(9)19-11(3)14(18)16(4)8-10(2)17/h5-7,10-11,17H,8H2,1-4H3. The molecule has 4 nitrogen and oxygen atoms in total. The van der Waals surface area contributed by atoms with Crippen LogP contribution in [0.15, 0.2) is 18.2 Å². The lowest BCUT2D eigenvalue weighted by Crippen LogP contribution is -2.41. The molecule has 2 unspecified atom stereocenters. The minimum Gasteiger partial charge on any atom is -0.481 e. The van der Waals surface area contributed by atoms with E-state index in [1.807, 2.05) is 6.92 Å². The maximum atomic E-state index is 12.0. The van der Waals surface area contributed by atoms with Gasteiger partial charge in [0.1, 0.15) is 5.75 Å². The molecule has 0 saturated carbocycles. The van der Waals surface area contributed by atoms with Crippen molar-refractivity contribution in [3.63, 3.8) is 0 Å². The van der Waals surface area contributed by atoms with Gasteiger partial charge in [-0.15, -0.1) is 0 Å². The van der Waals surface area contributed by atoms with E-state index >= 15 is 0 Å². The van der Waals surface area contributed by atoms with E-state index < -0.39 is 12.2 Å². The second kappa shape index (κ2) is 6.78. The normalized spacial score (nSPS) is 13.8. The zero-order valence-corrected chi connectivity index (χ0v) is 12.4. The summed E-state index contributed by atoms with van der Waals surface area (Å²) in [6.45, 7) is 5.48. The number of aryl methyl sites for hydroxylation is 1. The molecule has 1 aromatic carbocycles. The van der Waals surface area contributed by atoms with Crippen LogP contribution >= 0.6 is 11.6 Å². The number of aliphatic hydroxyl groups excluding tert-OH is 1. The molecule has 0 aliphatic heterocycles. The minimum absolute atomic E-state index is 0.171. The Kier molecular flexibility index (Phi) is 5.63. The van der Waals surface area contributed by atoms with Crippen molar-refractivity contribution in [2.75, 3.05) is 13.6 Å². The maximum Gasteiger partial charge on any atom is 0.263 e. The fraction of sp³-hybridized carbons (Fsp3) is 0.500. The van der Waals surface area contributed by atoms with Crippen LogP contribution in [0.3, 0.4) is 0 Å². The van der Waals surface area contributed by atoms with Crippen molar-refractivity contribution < 1.29 is 14.6 Å². The molecule has 0 saturated heterocycles. The molecule has 0 aliphatic carbocycles. The second-order valence-electron chi connectivity index (χ2n) is 4.74. The van der Waals surface area contributed by atoms with Gasteiger partial charge in [0.15, 0.2) is 6.10 Å². The Morgan fingerprint density at radius 1 is 1.47 bits per heavy atom. The van der Waals surface area contributed by atoms with Gasteiger partial charge in [-0.3, -0.25) is 4.79 Å². The number of ether oxygens (including phenoxy) is 1. The molecule has 1 amide bonds. The monoisotopic (exact) mass is 285 g/mol. The Hall–Kier alpha value is -1.26. The molecule has 1 rings (SSSR count). The molecule has 106 valence electrons. The van der Waals surface area contributed by atoms with Gasteiger partial charge in [-0.2, -0.15) is 0 Å². The van der Waals surface area contributed by atoms with Crippen LogP contribution in [0.25, 0.3) is 0 Å². The van der Waals surface area contributed by atoms with Crippen LogP contribution in [0.4, 0.5) is 0 Å². The highest BCUT2D eigenvalue weighted by atomic mass is 35.5. The number of rotatable bonds is 5. The van der Waals surface area contributed by atoms with E-state index in [0.29, 0.717) is 10.8 Å². The lowest BCUT2D eigenvalue weighted by Gasteiger charge is -2.23. The van der Waals surface area contributed by atoms with Crippen molar-refractivity contribution in [3.8, 4) is 5.75 Å². The Balaban J connectivity index is 2.68. The largest absolute Gasteiger partial charge is 0.481 e. The lowest BCUT2D eigenvalue weighted by molar-refractivity contribution is -0.137. The average Bonchev–Trinajstić information content (AvgIpc) is 2.30. The SMILES string of the molecule is Cc1cc(Cl)ccc1OC(C)C(=O)N(C)CC(C)O. The molecule has 0 bridgehead atoms. The molecule has 0 radical (unpaired) electrons. The third kappa shape index (κ3) is 4.73. The molecule has 1 aromatic rings. The number of aliphatic hydroxyl groups is 1. The van der Waals surface area contributed by atoms with E-state index in [1.165, 1.54) is 4.90 Å². The molecule has 0 heterocycles.